The summed E-state index contributed by atoms with van der Waals surface area (Å²) in [6, 6.07) is 11.8. The summed E-state index contributed by atoms with van der Waals surface area (Å²) in [4.78, 5) is 53.9. The van der Waals surface area contributed by atoms with Crippen molar-refractivity contribution in [3.63, 3.8) is 0 Å². The Labute approximate surface area is 212 Å². The highest BCUT2D eigenvalue weighted by atomic mass is 35.5. The molecule has 3 amide bonds. The van der Waals surface area contributed by atoms with Gasteiger partial charge in [-0.05, 0) is 48.5 Å². The van der Waals surface area contributed by atoms with E-state index in [0.29, 0.717) is 26.3 Å². The number of carbonyl (C=O) groups is 3. The van der Waals surface area contributed by atoms with E-state index in [4.69, 9.17) is 11.6 Å². The van der Waals surface area contributed by atoms with Crippen molar-refractivity contribution in [1.29, 1.82) is 0 Å². The van der Waals surface area contributed by atoms with Crippen molar-refractivity contribution in [2.24, 2.45) is 5.92 Å². The first-order valence-electron chi connectivity index (χ1n) is 10.7. The first kappa shape index (κ1) is 23.8. The lowest BCUT2D eigenvalue weighted by atomic mass is 9.76. The molecule has 0 radical (unpaired) electrons. The highest BCUT2D eigenvalue weighted by molar-refractivity contribution is 8.00. The van der Waals surface area contributed by atoms with Crippen molar-refractivity contribution in [3.8, 4) is 0 Å². The van der Waals surface area contributed by atoms with Gasteiger partial charge in [0.25, 0.3) is 0 Å². The highest BCUT2D eigenvalue weighted by Gasteiger charge is 2.59. The van der Waals surface area contributed by atoms with Crippen molar-refractivity contribution in [3.05, 3.63) is 73.9 Å². The highest BCUT2D eigenvalue weighted by Crippen LogP contribution is 2.54. The normalized spacial score (nSPS) is 20.5. The van der Waals surface area contributed by atoms with E-state index in [0.717, 1.165) is 23.1 Å². The van der Waals surface area contributed by atoms with Crippen molar-refractivity contribution in [2.75, 3.05) is 10.2 Å². The molecule has 1 saturated heterocycles. The van der Waals surface area contributed by atoms with Gasteiger partial charge in [0.15, 0.2) is 0 Å². The summed E-state index contributed by atoms with van der Waals surface area (Å²) in [5, 5.41) is 2.92. The standard InChI is InChI=1S/C24H19ClFN3O4S2/c1-24(2)17-18(21(32)29(20(17)31)15-9-3-12(25)4-10-15)34-22-19(24)35-23(33)28(22)11-16(30)27-14-7-5-13(26)6-8-14/h3-10,17-18H,11H2,1-2H3,(H,27,30)/t17-,18+/m1/s1. The largest absolute Gasteiger partial charge is 0.325 e. The number of carbonyl (C=O) groups excluding carboxylic acids is 3. The molecule has 2 aliphatic rings. The Morgan fingerprint density at radius 3 is 2.37 bits per heavy atom. The van der Waals surface area contributed by atoms with E-state index >= 15 is 0 Å². The third-order valence-corrected chi connectivity index (χ3v) is 9.29. The SMILES string of the molecule is CC1(C)c2sc(=O)n(CC(=O)Nc3ccc(F)cc3)c2S[C@@H]2C(=O)N(c3ccc(Cl)cc3)C(=O)[C@@H]21. The summed E-state index contributed by atoms with van der Waals surface area (Å²) >= 11 is 8.09. The lowest BCUT2D eigenvalue weighted by Gasteiger charge is -2.36. The maximum atomic E-state index is 13.4. The Morgan fingerprint density at radius 1 is 1.06 bits per heavy atom. The predicted molar refractivity (Wildman–Crippen MR) is 134 cm³/mol. The minimum absolute atomic E-state index is 0.272. The molecule has 2 aliphatic heterocycles. The number of imide groups is 1. The van der Waals surface area contributed by atoms with Gasteiger partial charge in [0, 0.05) is 21.0 Å². The van der Waals surface area contributed by atoms with Gasteiger partial charge in [-0.1, -0.05) is 48.5 Å². The number of aromatic nitrogens is 1. The van der Waals surface area contributed by atoms with E-state index in [2.05, 4.69) is 5.32 Å². The smallest absolute Gasteiger partial charge is 0.308 e. The molecule has 2 atom stereocenters. The molecule has 7 nitrogen and oxygen atoms in total. The average molecular weight is 532 g/mol. The van der Waals surface area contributed by atoms with E-state index < -0.39 is 28.3 Å². The maximum absolute atomic E-state index is 13.4. The number of nitrogens with zero attached hydrogens (tertiary/aromatic N) is 2. The number of thioether (sulfide) groups is 1. The van der Waals surface area contributed by atoms with Gasteiger partial charge in [-0.15, -0.1) is 0 Å². The first-order chi connectivity index (χ1) is 16.6. The number of hydrogen-bond acceptors (Lipinski definition) is 6. The van der Waals surface area contributed by atoms with Crippen LogP contribution in [0.3, 0.4) is 0 Å². The maximum Gasteiger partial charge on any atom is 0.308 e. The van der Waals surface area contributed by atoms with Crippen LogP contribution in [0, 0.1) is 11.7 Å². The molecule has 35 heavy (non-hydrogen) atoms. The van der Waals surface area contributed by atoms with Crippen LogP contribution < -0.4 is 15.1 Å². The minimum atomic E-state index is -0.804. The molecular formula is C24H19ClFN3O4S2. The van der Waals surface area contributed by atoms with Crippen LogP contribution in [-0.4, -0.2) is 27.5 Å². The van der Waals surface area contributed by atoms with Crippen molar-refractivity contribution >= 4 is 63.8 Å². The van der Waals surface area contributed by atoms with Crippen LogP contribution in [0.15, 0.2) is 58.4 Å². The molecule has 180 valence electrons. The second-order valence-corrected chi connectivity index (χ2v) is 11.4. The first-order valence-corrected chi connectivity index (χ1v) is 12.7. The molecule has 1 N–H and O–H groups in total. The number of anilines is 2. The van der Waals surface area contributed by atoms with Crippen LogP contribution in [-0.2, 0) is 26.3 Å². The average Bonchev–Trinajstić information content (AvgIpc) is 3.25. The van der Waals surface area contributed by atoms with Gasteiger partial charge in [0.2, 0.25) is 17.7 Å². The van der Waals surface area contributed by atoms with Crippen LogP contribution in [0.5, 0.6) is 0 Å². The predicted octanol–water partition coefficient (Wildman–Crippen LogP) is 4.28. The Balaban J connectivity index is 1.46. The third kappa shape index (κ3) is 3.99. The Hall–Kier alpha value is -2.95. The topological polar surface area (TPSA) is 88.5 Å². The molecule has 5 rings (SSSR count). The molecule has 3 aromatic rings. The fourth-order valence-corrected chi connectivity index (χ4v) is 7.65. The van der Waals surface area contributed by atoms with Gasteiger partial charge < -0.3 is 5.32 Å². The van der Waals surface area contributed by atoms with E-state index in [1.54, 1.807) is 24.3 Å². The molecule has 3 heterocycles. The second-order valence-electron chi connectivity index (χ2n) is 8.87. The summed E-state index contributed by atoms with van der Waals surface area (Å²) in [6.07, 6.45) is 0. The van der Waals surface area contributed by atoms with Gasteiger partial charge in [-0.3, -0.25) is 23.7 Å². The van der Waals surface area contributed by atoms with Crippen LogP contribution in [0.4, 0.5) is 15.8 Å². The fourth-order valence-electron chi connectivity index (χ4n) is 4.49. The Bertz CT molecular complexity index is 1420. The number of nitrogens with one attached hydrogen (secondary N) is 1. The molecular weight excluding hydrogens is 513 g/mol. The quantitative estimate of drug-likeness (QED) is 0.508. The van der Waals surface area contributed by atoms with Crippen molar-refractivity contribution in [1.82, 2.24) is 4.57 Å². The van der Waals surface area contributed by atoms with E-state index in [9.17, 15) is 23.6 Å². The Morgan fingerprint density at radius 2 is 1.71 bits per heavy atom. The molecule has 1 aromatic heterocycles. The lowest BCUT2D eigenvalue weighted by Crippen LogP contribution is -2.41. The van der Waals surface area contributed by atoms with Crippen LogP contribution in [0.2, 0.25) is 5.02 Å². The molecule has 0 aliphatic carbocycles. The van der Waals surface area contributed by atoms with Gasteiger partial charge in [0.05, 0.1) is 16.6 Å². The van der Waals surface area contributed by atoms with Crippen molar-refractivity contribution < 1.29 is 18.8 Å². The zero-order valence-electron chi connectivity index (χ0n) is 18.6. The van der Waals surface area contributed by atoms with E-state index in [1.165, 1.54) is 33.7 Å². The summed E-state index contributed by atoms with van der Waals surface area (Å²) < 4.78 is 14.5. The summed E-state index contributed by atoms with van der Waals surface area (Å²) in [7, 11) is 0. The molecule has 0 unspecified atom stereocenters. The zero-order chi connectivity index (χ0) is 25.1. The Kier molecular flexibility index (Phi) is 5.85. The second kappa shape index (κ2) is 8.61. The van der Waals surface area contributed by atoms with Crippen LogP contribution in [0.1, 0.15) is 18.7 Å². The number of rotatable bonds is 4. The number of benzene rings is 2. The van der Waals surface area contributed by atoms with E-state index in [1.807, 2.05) is 13.8 Å². The van der Waals surface area contributed by atoms with Crippen LogP contribution >= 0.6 is 34.7 Å². The number of halogens is 2. The zero-order valence-corrected chi connectivity index (χ0v) is 21.0. The summed E-state index contributed by atoms with van der Waals surface area (Å²) in [5.74, 6) is -2.25. The molecule has 2 aromatic carbocycles. The number of amides is 3. The lowest BCUT2D eigenvalue weighted by molar-refractivity contribution is -0.123. The van der Waals surface area contributed by atoms with Crippen molar-refractivity contribution in [2.45, 2.75) is 36.1 Å². The van der Waals surface area contributed by atoms with E-state index in [-0.39, 0.29) is 23.2 Å². The van der Waals surface area contributed by atoms with Gasteiger partial charge in [0.1, 0.15) is 17.6 Å². The van der Waals surface area contributed by atoms with Crippen LogP contribution in [0.25, 0.3) is 0 Å². The molecule has 1 fully saturated rings. The van der Waals surface area contributed by atoms with Gasteiger partial charge in [-0.2, -0.15) is 0 Å². The minimum Gasteiger partial charge on any atom is -0.325 e. The third-order valence-electron chi connectivity index (χ3n) is 6.22. The monoisotopic (exact) mass is 531 g/mol. The molecule has 11 heteroatoms. The molecule has 0 saturated carbocycles. The number of hydrogen-bond donors (Lipinski definition) is 1. The number of thiazole rings is 1. The number of fused-ring (bicyclic) bond motifs is 2. The summed E-state index contributed by atoms with van der Waals surface area (Å²) in [5.41, 5.74) is 0.0354. The van der Waals surface area contributed by atoms with Gasteiger partial charge in [-0.25, -0.2) is 9.29 Å². The van der Waals surface area contributed by atoms with Gasteiger partial charge >= 0.3 is 4.87 Å². The molecule has 0 bridgehead atoms. The fraction of sp³-hybridized carbons (Fsp3) is 0.250. The summed E-state index contributed by atoms with van der Waals surface area (Å²) in [6.45, 7) is 3.42. The molecule has 0 spiro atoms.